The minimum Gasteiger partial charge on any atom is -0.340 e. The van der Waals surface area contributed by atoms with Crippen molar-refractivity contribution in [2.75, 3.05) is 0 Å². The lowest BCUT2D eigenvalue weighted by Crippen LogP contribution is -1.83. The van der Waals surface area contributed by atoms with E-state index in [0.717, 1.165) is 0 Å². The number of H-pyrrole nitrogens is 1. The maximum atomic E-state index is 3.48. The first-order valence-electron chi connectivity index (χ1n) is 6.23. The third kappa shape index (κ3) is 1.12. The van der Waals surface area contributed by atoms with E-state index in [2.05, 4.69) is 65.7 Å². The molecule has 88 valence electrons. The second-order valence-electron chi connectivity index (χ2n) is 5.02. The molecule has 0 amide bonds. The van der Waals surface area contributed by atoms with Crippen molar-refractivity contribution < 1.29 is 0 Å². The van der Waals surface area contributed by atoms with Crippen molar-refractivity contribution in [3.05, 3.63) is 53.6 Å². The van der Waals surface area contributed by atoms with Crippen molar-refractivity contribution in [3.8, 4) is 0 Å². The van der Waals surface area contributed by atoms with Crippen LogP contribution in [0.5, 0.6) is 0 Å². The van der Waals surface area contributed by atoms with Gasteiger partial charge < -0.3 is 4.98 Å². The zero-order valence-electron chi connectivity index (χ0n) is 10.5. The number of nitrogens with zero attached hydrogens (tertiary/aromatic N) is 1. The Hall–Kier alpha value is -2.22. The molecule has 0 aliphatic rings. The number of benzene rings is 2. The van der Waals surface area contributed by atoms with Gasteiger partial charge in [0.2, 0.25) is 0 Å². The van der Waals surface area contributed by atoms with Crippen LogP contribution in [0.2, 0.25) is 0 Å². The molecule has 2 aromatic heterocycles. The second kappa shape index (κ2) is 3.16. The normalized spacial score (nSPS) is 11.9. The zero-order chi connectivity index (χ0) is 12.3. The first-order chi connectivity index (χ1) is 8.74. The Morgan fingerprint density at radius 2 is 1.78 bits per heavy atom. The first-order valence-corrected chi connectivity index (χ1v) is 6.23. The number of rotatable bonds is 0. The molecule has 0 bridgehead atoms. The summed E-state index contributed by atoms with van der Waals surface area (Å²) in [4.78, 5) is 3.48. The van der Waals surface area contributed by atoms with Crippen LogP contribution in [0.1, 0.15) is 11.1 Å². The lowest BCUT2D eigenvalue weighted by atomic mass is 10.1. The van der Waals surface area contributed by atoms with Crippen LogP contribution in [0.3, 0.4) is 0 Å². The van der Waals surface area contributed by atoms with Crippen molar-refractivity contribution in [2.45, 2.75) is 13.8 Å². The van der Waals surface area contributed by atoms with Gasteiger partial charge in [0.15, 0.2) is 0 Å². The number of hydrogen-bond acceptors (Lipinski definition) is 0. The molecule has 1 N–H and O–H groups in total. The smallest absolute Gasteiger partial charge is 0.116 e. The standard InChI is InChI=1S/C16H14N2/c1-10-7-11(2)12-9-16-17-13-5-3-4-6-14(13)18(16)15(12)8-10/h3-9,17H,1-2H3. The molecule has 0 saturated heterocycles. The molecule has 2 aromatic carbocycles. The van der Waals surface area contributed by atoms with Crippen LogP contribution in [0, 0.1) is 13.8 Å². The Balaban J connectivity index is 2.33. The van der Waals surface area contributed by atoms with Gasteiger partial charge in [0, 0.05) is 5.39 Å². The summed E-state index contributed by atoms with van der Waals surface area (Å²) in [6.07, 6.45) is 0. The van der Waals surface area contributed by atoms with Gasteiger partial charge in [0.25, 0.3) is 0 Å². The fourth-order valence-electron chi connectivity index (χ4n) is 2.92. The number of aryl methyl sites for hydroxylation is 2. The molecule has 0 saturated carbocycles. The SMILES string of the molecule is Cc1cc(C)c2cc3[nH]c4ccccc4n3c2c1. The molecule has 2 heteroatoms. The molecule has 0 radical (unpaired) electrons. The van der Waals surface area contributed by atoms with E-state index in [4.69, 9.17) is 0 Å². The Morgan fingerprint density at radius 1 is 0.944 bits per heavy atom. The van der Waals surface area contributed by atoms with Crippen LogP contribution in [-0.4, -0.2) is 9.38 Å². The molecule has 0 unspecified atom stereocenters. The predicted molar refractivity (Wildman–Crippen MR) is 76.2 cm³/mol. The minimum atomic E-state index is 1.17. The minimum absolute atomic E-state index is 1.17. The number of aromatic nitrogens is 2. The molecule has 4 aromatic rings. The highest BCUT2D eigenvalue weighted by atomic mass is 15.0. The van der Waals surface area contributed by atoms with Gasteiger partial charge in [-0.1, -0.05) is 18.2 Å². The second-order valence-corrected chi connectivity index (χ2v) is 5.02. The molecule has 2 nitrogen and oxygen atoms in total. The molecular formula is C16H14N2. The van der Waals surface area contributed by atoms with E-state index in [-0.39, 0.29) is 0 Å². The summed E-state index contributed by atoms with van der Waals surface area (Å²) in [5, 5.41) is 1.33. The summed E-state index contributed by atoms with van der Waals surface area (Å²) in [6.45, 7) is 4.33. The lowest BCUT2D eigenvalue weighted by Gasteiger charge is -2.00. The first kappa shape index (κ1) is 9.77. The summed E-state index contributed by atoms with van der Waals surface area (Å²) < 4.78 is 2.31. The Morgan fingerprint density at radius 3 is 2.67 bits per heavy atom. The number of fused-ring (bicyclic) bond motifs is 5. The van der Waals surface area contributed by atoms with Gasteiger partial charge in [-0.3, -0.25) is 4.40 Å². The molecule has 4 rings (SSSR count). The lowest BCUT2D eigenvalue weighted by molar-refractivity contribution is 1.32. The maximum Gasteiger partial charge on any atom is 0.116 e. The fraction of sp³-hybridized carbons (Fsp3) is 0.125. The van der Waals surface area contributed by atoms with Gasteiger partial charge in [-0.15, -0.1) is 0 Å². The van der Waals surface area contributed by atoms with Gasteiger partial charge in [-0.25, -0.2) is 0 Å². The molecule has 0 aliphatic heterocycles. The number of hydrogen-bond donors (Lipinski definition) is 1. The fourth-order valence-corrected chi connectivity index (χ4v) is 2.92. The molecule has 18 heavy (non-hydrogen) atoms. The van der Waals surface area contributed by atoms with Gasteiger partial charge in [-0.2, -0.15) is 0 Å². The van der Waals surface area contributed by atoms with E-state index < -0.39 is 0 Å². The number of nitrogens with one attached hydrogen (secondary N) is 1. The summed E-state index contributed by atoms with van der Waals surface area (Å²) in [5.74, 6) is 0. The summed E-state index contributed by atoms with van der Waals surface area (Å²) >= 11 is 0. The highest BCUT2D eigenvalue weighted by Crippen LogP contribution is 2.28. The van der Waals surface area contributed by atoms with E-state index in [1.54, 1.807) is 0 Å². The van der Waals surface area contributed by atoms with E-state index in [1.807, 2.05) is 0 Å². The Labute approximate surface area is 105 Å². The monoisotopic (exact) mass is 234 g/mol. The van der Waals surface area contributed by atoms with E-state index >= 15 is 0 Å². The van der Waals surface area contributed by atoms with E-state index in [1.165, 1.54) is 38.7 Å². The van der Waals surface area contributed by atoms with Crippen LogP contribution in [0.15, 0.2) is 42.5 Å². The molecule has 2 heterocycles. The summed E-state index contributed by atoms with van der Waals surface area (Å²) in [6, 6.07) is 15.2. The third-order valence-corrected chi connectivity index (χ3v) is 3.68. The average Bonchev–Trinajstić information content (AvgIpc) is 2.85. The predicted octanol–water partition coefficient (Wildman–Crippen LogP) is 4.19. The molecule has 0 fully saturated rings. The van der Waals surface area contributed by atoms with Crippen LogP contribution >= 0.6 is 0 Å². The van der Waals surface area contributed by atoms with Gasteiger partial charge in [0.1, 0.15) is 5.65 Å². The quantitative estimate of drug-likeness (QED) is 0.471. The summed E-state index contributed by atoms with van der Waals surface area (Å²) in [5.41, 5.74) is 7.54. The number of aromatic amines is 1. The van der Waals surface area contributed by atoms with Crippen LogP contribution in [-0.2, 0) is 0 Å². The van der Waals surface area contributed by atoms with Crippen LogP contribution < -0.4 is 0 Å². The van der Waals surface area contributed by atoms with Crippen molar-refractivity contribution in [3.63, 3.8) is 0 Å². The average molecular weight is 234 g/mol. The van der Waals surface area contributed by atoms with Crippen molar-refractivity contribution in [1.82, 2.24) is 9.38 Å². The molecule has 0 aliphatic carbocycles. The topological polar surface area (TPSA) is 20.2 Å². The zero-order valence-corrected chi connectivity index (χ0v) is 10.5. The van der Waals surface area contributed by atoms with Crippen LogP contribution in [0.4, 0.5) is 0 Å². The molecule has 0 spiro atoms. The maximum absolute atomic E-state index is 3.48. The van der Waals surface area contributed by atoms with Gasteiger partial charge in [-0.05, 0) is 49.2 Å². The van der Waals surface area contributed by atoms with Crippen molar-refractivity contribution >= 4 is 27.6 Å². The van der Waals surface area contributed by atoms with Crippen LogP contribution in [0.25, 0.3) is 27.6 Å². The van der Waals surface area contributed by atoms with Crippen molar-refractivity contribution in [1.29, 1.82) is 0 Å². The molecule has 0 atom stereocenters. The van der Waals surface area contributed by atoms with Gasteiger partial charge >= 0.3 is 0 Å². The number of para-hydroxylation sites is 2. The Kier molecular flexibility index (Phi) is 1.72. The van der Waals surface area contributed by atoms with E-state index in [0.29, 0.717) is 0 Å². The largest absolute Gasteiger partial charge is 0.340 e. The van der Waals surface area contributed by atoms with Gasteiger partial charge in [0.05, 0.1) is 16.6 Å². The highest BCUT2D eigenvalue weighted by Gasteiger charge is 2.10. The summed E-state index contributed by atoms with van der Waals surface area (Å²) in [7, 11) is 0. The molecular weight excluding hydrogens is 220 g/mol. The number of imidazole rings is 1. The third-order valence-electron chi connectivity index (χ3n) is 3.68. The Bertz CT molecular complexity index is 894. The van der Waals surface area contributed by atoms with Crippen molar-refractivity contribution in [2.24, 2.45) is 0 Å². The highest BCUT2D eigenvalue weighted by molar-refractivity contribution is 5.95. The van der Waals surface area contributed by atoms with E-state index in [9.17, 15) is 0 Å².